The molecule has 2 rings (SSSR count). The van der Waals surface area contributed by atoms with Gasteiger partial charge in [-0.15, -0.1) is 0 Å². The van der Waals surface area contributed by atoms with E-state index in [4.69, 9.17) is 9.84 Å². The molecule has 1 aromatic heterocycles. The van der Waals surface area contributed by atoms with Crippen molar-refractivity contribution >= 4 is 10.9 Å². The molecule has 5 heteroatoms. The molecule has 0 saturated heterocycles. The molecule has 0 aliphatic rings. The molecule has 1 atom stereocenters. The van der Waals surface area contributed by atoms with E-state index in [1.807, 2.05) is 31.2 Å². The van der Waals surface area contributed by atoms with E-state index in [9.17, 15) is 4.79 Å². The van der Waals surface area contributed by atoms with Crippen LogP contribution in [0.5, 0.6) is 5.75 Å². The smallest absolute Gasteiger partial charge is 0.250 e. The SMILES string of the molecule is CC(CO)CNCCCOc1cccc2c1ccc(=O)n2C. The van der Waals surface area contributed by atoms with Gasteiger partial charge in [-0.05, 0) is 43.6 Å². The van der Waals surface area contributed by atoms with Gasteiger partial charge in [-0.2, -0.15) is 0 Å². The lowest BCUT2D eigenvalue weighted by molar-refractivity contribution is 0.232. The monoisotopic (exact) mass is 304 g/mol. The zero-order valence-electron chi connectivity index (χ0n) is 13.2. The molecule has 0 aliphatic heterocycles. The fraction of sp³-hybridized carbons (Fsp3) is 0.471. The molecule has 0 spiro atoms. The van der Waals surface area contributed by atoms with Crippen molar-refractivity contribution in [3.63, 3.8) is 0 Å². The van der Waals surface area contributed by atoms with Crippen molar-refractivity contribution < 1.29 is 9.84 Å². The number of ether oxygens (including phenoxy) is 1. The van der Waals surface area contributed by atoms with E-state index in [1.165, 1.54) is 0 Å². The van der Waals surface area contributed by atoms with Gasteiger partial charge in [-0.25, -0.2) is 0 Å². The minimum atomic E-state index is -0.0214. The Labute approximate surface area is 130 Å². The number of hydrogen-bond acceptors (Lipinski definition) is 4. The van der Waals surface area contributed by atoms with Gasteiger partial charge < -0.3 is 19.7 Å². The maximum atomic E-state index is 11.7. The number of pyridine rings is 1. The Balaban J connectivity index is 1.90. The van der Waals surface area contributed by atoms with E-state index < -0.39 is 0 Å². The summed E-state index contributed by atoms with van der Waals surface area (Å²) < 4.78 is 7.47. The summed E-state index contributed by atoms with van der Waals surface area (Å²) in [7, 11) is 1.76. The first-order chi connectivity index (χ1) is 10.6. The number of aliphatic hydroxyl groups is 1. The lowest BCUT2D eigenvalue weighted by atomic mass is 10.2. The molecule has 0 saturated carbocycles. The van der Waals surface area contributed by atoms with Gasteiger partial charge in [0.05, 0.1) is 12.1 Å². The maximum absolute atomic E-state index is 11.7. The van der Waals surface area contributed by atoms with Crippen LogP contribution < -0.4 is 15.6 Å². The van der Waals surface area contributed by atoms with Crippen LogP contribution in [0.2, 0.25) is 0 Å². The number of nitrogens with one attached hydrogen (secondary N) is 1. The van der Waals surface area contributed by atoms with Crippen LogP contribution in [0.1, 0.15) is 13.3 Å². The molecule has 0 bridgehead atoms. The Morgan fingerprint density at radius 3 is 2.91 bits per heavy atom. The average Bonchev–Trinajstić information content (AvgIpc) is 2.54. The van der Waals surface area contributed by atoms with E-state index in [-0.39, 0.29) is 18.1 Å². The number of fused-ring (bicyclic) bond motifs is 1. The van der Waals surface area contributed by atoms with E-state index >= 15 is 0 Å². The van der Waals surface area contributed by atoms with E-state index in [0.717, 1.165) is 36.2 Å². The Morgan fingerprint density at radius 1 is 1.32 bits per heavy atom. The standard InChI is InChI=1S/C17H24N2O3/c1-13(12-20)11-18-9-4-10-22-16-6-3-5-15-14(16)7-8-17(21)19(15)2/h3,5-8,13,18,20H,4,9-12H2,1-2H3. The first-order valence-electron chi connectivity index (χ1n) is 7.66. The second kappa shape index (κ2) is 7.96. The van der Waals surface area contributed by atoms with Crippen molar-refractivity contribution in [2.45, 2.75) is 13.3 Å². The number of aromatic nitrogens is 1. The predicted molar refractivity (Wildman–Crippen MR) is 88.4 cm³/mol. The summed E-state index contributed by atoms with van der Waals surface area (Å²) in [4.78, 5) is 11.7. The lowest BCUT2D eigenvalue weighted by Gasteiger charge is -2.12. The van der Waals surface area contributed by atoms with E-state index in [0.29, 0.717) is 6.61 Å². The highest BCUT2D eigenvalue weighted by molar-refractivity contribution is 5.85. The number of hydrogen-bond donors (Lipinski definition) is 2. The van der Waals surface area contributed by atoms with Crippen LogP contribution in [-0.2, 0) is 7.05 Å². The Morgan fingerprint density at radius 2 is 2.14 bits per heavy atom. The van der Waals surface area contributed by atoms with E-state index in [1.54, 1.807) is 17.7 Å². The summed E-state index contributed by atoms with van der Waals surface area (Å²) in [5.74, 6) is 1.08. The number of rotatable bonds is 8. The van der Waals surface area contributed by atoms with Crippen LogP contribution in [0.25, 0.3) is 10.9 Å². The molecule has 0 fully saturated rings. The van der Waals surface area contributed by atoms with Crippen LogP contribution in [0, 0.1) is 5.92 Å². The summed E-state index contributed by atoms with van der Waals surface area (Å²) in [5.41, 5.74) is 0.853. The van der Waals surface area contributed by atoms with Gasteiger partial charge in [0, 0.05) is 25.1 Å². The van der Waals surface area contributed by atoms with Crippen LogP contribution in [0.3, 0.4) is 0 Å². The van der Waals surface area contributed by atoms with Gasteiger partial charge in [0.1, 0.15) is 5.75 Å². The largest absolute Gasteiger partial charge is 0.493 e. The molecule has 22 heavy (non-hydrogen) atoms. The van der Waals surface area contributed by atoms with Gasteiger partial charge in [-0.3, -0.25) is 4.79 Å². The van der Waals surface area contributed by atoms with Gasteiger partial charge >= 0.3 is 0 Å². The average molecular weight is 304 g/mol. The number of aryl methyl sites for hydroxylation is 1. The van der Waals surface area contributed by atoms with Crippen LogP contribution in [0.15, 0.2) is 35.1 Å². The second-order valence-electron chi connectivity index (χ2n) is 5.61. The molecule has 0 amide bonds. The zero-order valence-corrected chi connectivity index (χ0v) is 13.2. The summed E-state index contributed by atoms with van der Waals surface area (Å²) in [6, 6.07) is 9.12. The van der Waals surface area contributed by atoms with Crippen molar-refractivity contribution in [3.05, 3.63) is 40.7 Å². The molecule has 0 aliphatic carbocycles. The third kappa shape index (κ3) is 4.08. The van der Waals surface area contributed by atoms with Crippen LogP contribution >= 0.6 is 0 Å². The number of benzene rings is 1. The van der Waals surface area contributed by atoms with Crippen LogP contribution in [0.4, 0.5) is 0 Å². The number of aliphatic hydroxyl groups excluding tert-OH is 1. The van der Waals surface area contributed by atoms with Crippen molar-refractivity contribution in [2.24, 2.45) is 13.0 Å². The molecule has 2 N–H and O–H groups in total. The Bertz CT molecular complexity index is 666. The summed E-state index contributed by atoms with van der Waals surface area (Å²) in [6.45, 7) is 4.49. The molecule has 1 heterocycles. The minimum absolute atomic E-state index is 0.0214. The Kier molecular flexibility index (Phi) is 5.98. The second-order valence-corrected chi connectivity index (χ2v) is 5.61. The normalized spacial score (nSPS) is 12.5. The molecule has 1 aromatic carbocycles. The first-order valence-corrected chi connectivity index (χ1v) is 7.66. The molecular weight excluding hydrogens is 280 g/mol. The van der Waals surface area contributed by atoms with Crippen molar-refractivity contribution in [2.75, 3.05) is 26.3 Å². The Hall–Kier alpha value is -1.85. The molecule has 1 unspecified atom stereocenters. The minimum Gasteiger partial charge on any atom is -0.493 e. The number of nitrogens with zero attached hydrogens (tertiary/aromatic N) is 1. The highest BCUT2D eigenvalue weighted by atomic mass is 16.5. The fourth-order valence-electron chi connectivity index (χ4n) is 2.30. The van der Waals surface area contributed by atoms with Crippen molar-refractivity contribution in [3.8, 4) is 5.75 Å². The van der Waals surface area contributed by atoms with Gasteiger partial charge in [0.25, 0.3) is 5.56 Å². The van der Waals surface area contributed by atoms with Crippen molar-refractivity contribution in [1.29, 1.82) is 0 Å². The zero-order chi connectivity index (χ0) is 15.9. The fourth-order valence-corrected chi connectivity index (χ4v) is 2.30. The summed E-state index contributed by atoms with van der Waals surface area (Å²) in [5, 5.41) is 13.2. The predicted octanol–water partition coefficient (Wildman–Crippen LogP) is 1.53. The van der Waals surface area contributed by atoms with Crippen molar-refractivity contribution in [1.82, 2.24) is 9.88 Å². The quantitative estimate of drug-likeness (QED) is 0.726. The third-order valence-corrected chi connectivity index (χ3v) is 3.69. The first kappa shape index (κ1) is 16.5. The van der Waals surface area contributed by atoms with Gasteiger partial charge in [0.15, 0.2) is 0 Å². The highest BCUT2D eigenvalue weighted by Gasteiger charge is 2.05. The maximum Gasteiger partial charge on any atom is 0.250 e. The molecule has 5 nitrogen and oxygen atoms in total. The van der Waals surface area contributed by atoms with Crippen LogP contribution in [-0.4, -0.2) is 36.0 Å². The van der Waals surface area contributed by atoms with Gasteiger partial charge in [0.2, 0.25) is 0 Å². The molecule has 120 valence electrons. The summed E-state index contributed by atoms with van der Waals surface area (Å²) >= 11 is 0. The highest BCUT2D eigenvalue weighted by Crippen LogP contribution is 2.23. The van der Waals surface area contributed by atoms with Gasteiger partial charge in [-0.1, -0.05) is 13.0 Å². The lowest BCUT2D eigenvalue weighted by Crippen LogP contribution is -2.25. The van der Waals surface area contributed by atoms with E-state index in [2.05, 4.69) is 5.32 Å². The third-order valence-electron chi connectivity index (χ3n) is 3.69. The summed E-state index contributed by atoms with van der Waals surface area (Å²) in [6.07, 6.45) is 0.889. The molecular formula is C17H24N2O3. The molecule has 2 aromatic rings. The topological polar surface area (TPSA) is 63.5 Å². The molecule has 0 radical (unpaired) electrons.